The Morgan fingerprint density at radius 2 is 1.88 bits per heavy atom. The van der Waals surface area contributed by atoms with Crippen LogP contribution in [0.5, 0.6) is 0 Å². The third-order valence-electron chi connectivity index (χ3n) is 3.44. The van der Waals surface area contributed by atoms with E-state index >= 15 is 0 Å². The highest BCUT2D eigenvalue weighted by Gasteiger charge is 2.22. The highest BCUT2D eigenvalue weighted by Crippen LogP contribution is 2.09. The summed E-state index contributed by atoms with van der Waals surface area (Å²) >= 11 is 1.12. The van der Waals surface area contributed by atoms with Gasteiger partial charge in [0, 0.05) is 37.1 Å². The molecule has 142 valence electrons. The lowest BCUT2D eigenvalue weighted by molar-refractivity contribution is -0.159. The van der Waals surface area contributed by atoms with Crippen molar-refractivity contribution >= 4 is 23.2 Å². The highest BCUT2D eigenvalue weighted by molar-refractivity contribution is 7.07. The lowest BCUT2D eigenvalue weighted by Gasteiger charge is -2.26. The Morgan fingerprint density at radius 1 is 1.24 bits per heavy atom. The van der Waals surface area contributed by atoms with E-state index in [0.29, 0.717) is 19.6 Å². The van der Waals surface area contributed by atoms with Crippen LogP contribution in [0.1, 0.15) is 32.9 Å². The van der Waals surface area contributed by atoms with Crippen molar-refractivity contribution in [2.75, 3.05) is 33.7 Å². The molecule has 0 N–H and O–H groups in total. The first-order valence-corrected chi connectivity index (χ1v) is 9.17. The summed E-state index contributed by atoms with van der Waals surface area (Å²) in [4.78, 5) is 39.8. The van der Waals surface area contributed by atoms with E-state index in [2.05, 4.69) is 0 Å². The lowest BCUT2D eigenvalue weighted by atomic mass is 10.2. The summed E-state index contributed by atoms with van der Waals surface area (Å²) in [6, 6.07) is 0. The smallest absolute Gasteiger partial charge is 0.326 e. The second-order valence-corrected chi connectivity index (χ2v) is 8.07. The van der Waals surface area contributed by atoms with Crippen molar-refractivity contribution in [2.45, 2.75) is 46.3 Å². The van der Waals surface area contributed by atoms with Crippen LogP contribution in [0.3, 0.4) is 0 Å². The summed E-state index contributed by atoms with van der Waals surface area (Å²) in [5, 5.41) is 1.78. The van der Waals surface area contributed by atoms with Crippen molar-refractivity contribution in [1.82, 2.24) is 14.4 Å². The molecule has 1 aromatic heterocycles. The van der Waals surface area contributed by atoms with Crippen LogP contribution in [0.4, 0.5) is 0 Å². The molecule has 0 bridgehead atoms. The number of carbonyl (C=O) groups excluding carboxylic acids is 2. The molecular weight excluding hydrogens is 342 g/mol. The highest BCUT2D eigenvalue weighted by atomic mass is 32.1. The van der Waals surface area contributed by atoms with Crippen LogP contribution in [-0.2, 0) is 20.9 Å². The third-order valence-corrected chi connectivity index (χ3v) is 4.32. The van der Waals surface area contributed by atoms with Gasteiger partial charge in [-0.1, -0.05) is 11.3 Å². The van der Waals surface area contributed by atoms with E-state index in [9.17, 15) is 14.4 Å². The van der Waals surface area contributed by atoms with Crippen molar-refractivity contribution in [3.63, 3.8) is 0 Å². The largest absolute Gasteiger partial charge is 0.459 e. The Bertz CT molecular complexity index is 643. The van der Waals surface area contributed by atoms with Gasteiger partial charge in [-0.2, -0.15) is 0 Å². The molecule has 25 heavy (non-hydrogen) atoms. The summed E-state index contributed by atoms with van der Waals surface area (Å²) < 4.78 is 6.90. The number of carbonyl (C=O) groups is 2. The van der Waals surface area contributed by atoms with Crippen molar-refractivity contribution in [1.29, 1.82) is 0 Å². The van der Waals surface area contributed by atoms with Crippen LogP contribution >= 0.6 is 11.3 Å². The fourth-order valence-corrected chi connectivity index (χ4v) is 2.94. The van der Waals surface area contributed by atoms with Gasteiger partial charge in [-0.05, 0) is 41.8 Å². The van der Waals surface area contributed by atoms with Crippen LogP contribution in [0, 0.1) is 6.92 Å². The van der Waals surface area contributed by atoms with Gasteiger partial charge in [0.25, 0.3) is 0 Å². The van der Waals surface area contributed by atoms with E-state index in [0.717, 1.165) is 17.0 Å². The topological polar surface area (TPSA) is 71.9 Å². The van der Waals surface area contributed by atoms with E-state index in [1.165, 1.54) is 4.90 Å². The number of likely N-dealkylation sites (N-methyl/N-ethyl adjacent to an activating group) is 1. The monoisotopic (exact) mass is 371 g/mol. The van der Waals surface area contributed by atoms with Crippen LogP contribution in [0.25, 0.3) is 0 Å². The molecule has 0 aliphatic carbocycles. The molecule has 7 nitrogen and oxygen atoms in total. The van der Waals surface area contributed by atoms with Gasteiger partial charge in [-0.3, -0.25) is 14.4 Å². The molecule has 1 aromatic rings. The minimum atomic E-state index is -0.589. The normalized spacial score (nSPS) is 11.6. The number of nitrogens with zero attached hydrogens (tertiary/aromatic N) is 3. The molecule has 0 aliphatic rings. The number of aromatic nitrogens is 1. The predicted octanol–water partition coefficient (Wildman–Crippen LogP) is 1.34. The summed E-state index contributed by atoms with van der Waals surface area (Å²) in [6.07, 6.45) is 0.174. The van der Waals surface area contributed by atoms with E-state index < -0.39 is 11.6 Å². The maximum Gasteiger partial charge on any atom is 0.326 e. The Hall–Kier alpha value is -1.67. The van der Waals surface area contributed by atoms with E-state index in [1.807, 2.05) is 25.9 Å². The zero-order valence-corrected chi connectivity index (χ0v) is 16.8. The van der Waals surface area contributed by atoms with E-state index in [-0.39, 0.29) is 23.7 Å². The maximum atomic E-state index is 12.6. The second-order valence-electron chi connectivity index (χ2n) is 7.25. The predicted molar refractivity (Wildman–Crippen MR) is 98.9 cm³/mol. The van der Waals surface area contributed by atoms with Gasteiger partial charge in [0.05, 0.1) is 0 Å². The zero-order chi connectivity index (χ0) is 19.2. The van der Waals surface area contributed by atoms with Gasteiger partial charge >= 0.3 is 10.8 Å². The number of rotatable bonds is 8. The van der Waals surface area contributed by atoms with Crippen LogP contribution < -0.4 is 4.87 Å². The minimum Gasteiger partial charge on any atom is -0.459 e. The third kappa shape index (κ3) is 7.83. The first kappa shape index (κ1) is 21.4. The molecule has 0 aromatic carbocycles. The number of hydrogen-bond donors (Lipinski definition) is 0. The Balaban J connectivity index is 2.71. The van der Waals surface area contributed by atoms with Gasteiger partial charge < -0.3 is 19.1 Å². The summed E-state index contributed by atoms with van der Waals surface area (Å²) in [6.45, 7) is 8.54. The lowest BCUT2D eigenvalue weighted by Crippen LogP contribution is -2.42. The first-order valence-electron chi connectivity index (χ1n) is 8.29. The molecule has 0 aliphatic heterocycles. The van der Waals surface area contributed by atoms with Gasteiger partial charge in [0.1, 0.15) is 12.1 Å². The molecule has 1 heterocycles. The molecule has 0 radical (unpaired) electrons. The fraction of sp³-hybridized carbons (Fsp3) is 0.706. The average molecular weight is 372 g/mol. The summed E-state index contributed by atoms with van der Waals surface area (Å²) in [5.41, 5.74) is 0.254. The first-order chi connectivity index (χ1) is 11.5. The molecule has 1 rings (SSSR count). The standard InChI is InChI=1S/C17H29N3O4S/c1-13-12-25-16(23)20(13)8-7-14(21)19(10-9-18(5)6)11-15(22)24-17(2,3)4/h12H,7-11H2,1-6H3. The van der Waals surface area contributed by atoms with E-state index in [4.69, 9.17) is 4.74 Å². The number of esters is 1. The SMILES string of the molecule is Cc1csc(=O)n1CCC(=O)N(CCN(C)C)CC(=O)OC(C)(C)C. The average Bonchev–Trinajstić information content (AvgIpc) is 2.77. The van der Waals surface area contributed by atoms with Crippen molar-refractivity contribution in [2.24, 2.45) is 0 Å². The molecule has 1 amide bonds. The Kier molecular flexibility index (Phi) is 7.82. The minimum absolute atomic E-state index is 0.0720. The molecular formula is C17H29N3O4S. The van der Waals surface area contributed by atoms with Gasteiger partial charge in [0.2, 0.25) is 5.91 Å². The van der Waals surface area contributed by atoms with E-state index in [1.54, 1.807) is 30.7 Å². The van der Waals surface area contributed by atoms with Gasteiger partial charge in [0.15, 0.2) is 0 Å². The van der Waals surface area contributed by atoms with Gasteiger partial charge in [-0.15, -0.1) is 0 Å². The number of hydrogen-bond acceptors (Lipinski definition) is 6. The number of amides is 1. The molecule has 8 heteroatoms. The summed E-state index contributed by atoms with van der Waals surface area (Å²) in [7, 11) is 3.81. The number of aryl methyl sites for hydroxylation is 1. The molecule has 0 atom stereocenters. The quantitative estimate of drug-likeness (QED) is 0.645. The number of thiazole rings is 1. The van der Waals surface area contributed by atoms with Crippen LogP contribution in [0.15, 0.2) is 10.2 Å². The number of ether oxygens (including phenoxy) is 1. The van der Waals surface area contributed by atoms with Crippen LogP contribution in [0.2, 0.25) is 0 Å². The fourth-order valence-electron chi connectivity index (χ4n) is 2.18. The molecule has 0 unspecified atom stereocenters. The zero-order valence-electron chi connectivity index (χ0n) is 16.0. The summed E-state index contributed by atoms with van der Waals surface area (Å²) in [5.74, 6) is -0.589. The molecule has 0 saturated heterocycles. The molecule has 0 spiro atoms. The van der Waals surface area contributed by atoms with Crippen molar-refractivity contribution < 1.29 is 14.3 Å². The second kappa shape index (κ2) is 9.15. The molecule has 0 fully saturated rings. The van der Waals surface area contributed by atoms with Crippen molar-refractivity contribution in [3.8, 4) is 0 Å². The molecule has 0 saturated carbocycles. The Morgan fingerprint density at radius 3 is 2.36 bits per heavy atom. The van der Waals surface area contributed by atoms with Crippen molar-refractivity contribution in [3.05, 3.63) is 20.7 Å². The van der Waals surface area contributed by atoms with Gasteiger partial charge in [-0.25, -0.2) is 0 Å². The Labute approximate surface area is 153 Å². The maximum absolute atomic E-state index is 12.6. The van der Waals surface area contributed by atoms with Crippen LogP contribution in [-0.4, -0.2) is 65.6 Å².